The minimum absolute atomic E-state index is 0.369. The third-order valence-corrected chi connectivity index (χ3v) is 4.68. The topological polar surface area (TPSA) is 21.3 Å². The Balaban J connectivity index is 1.97. The molecule has 0 heterocycles. The van der Waals surface area contributed by atoms with Crippen LogP contribution in [0.4, 0.5) is 0 Å². The largest absolute Gasteiger partial charge is 0.490 e. The Bertz CT molecular complexity index is 415. The summed E-state index contributed by atoms with van der Waals surface area (Å²) in [5.41, 5.74) is 1.30. The van der Waals surface area contributed by atoms with Gasteiger partial charge in [0, 0.05) is 10.5 Å². The van der Waals surface area contributed by atoms with E-state index in [1.807, 2.05) is 0 Å². The molecule has 3 heteroatoms. The molecule has 1 aromatic rings. The first-order valence-corrected chi connectivity index (χ1v) is 8.69. The standard InChI is InChI=1S/C17H26BrNO/c1-3-11-19-13(2)16-10-9-15(12-17(16)18)20-14-7-5-4-6-8-14/h9-10,12-14,19H,3-8,11H2,1-2H3. The molecular formula is C17H26BrNO. The molecule has 0 radical (unpaired) electrons. The van der Waals surface area contributed by atoms with Crippen molar-refractivity contribution in [1.82, 2.24) is 5.32 Å². The van der Waals surface area contributed by atoms with Gasteiger partial charge in [-0.15, -0.1) is 0 Å². The van der Waals surface area contributed by atoms with Crippen molar-refractivity contribution in [2.75, 3.05) is 6.54 Å². The molecule has 0 amide bonds. The molecule has 0 saturated heterocycles. The van der Waals surface area contributed by atoms with Crippen molar-refractivity contribution in [2.45, 2.75) is 64.5 Å². The van der Waals surface area contributed by atoms with Gasteiger partial charge in [-0.1, -0.05) is 35.3 Å². The SMILES string of the molecule is CCCNC(C)c1ccc(OC2CCCCC2)cc1Br. The van der Waals surface area contributed by atoms with Crippen LogP contribution in [-0.4, -0.2) is 12.6 Å². The lowest BCUT2D eigenvalue weighted by Crippen LogP contribution is -2.20. The average Bonchev–Trinajstić information content (AvgIpc) is 2.46. The minimum atomic E-state index is 0.369. The van der Waals surface area contributed by atoms with E-state index in [1.54, 1.807) is 0 Å². The lowest BCUT2D eigenvalue weighted by Gasteiger charge is -2.23. The van der Waals surface area contributed by atoms with Crippen LogP contribution in [0, 0.1) is 0 Å². The predicted molar refractivity (Wildman–Crippen MR) is 88.4 cm³/mol. The van der Waals surface area contributed by atoms with E-state index in [2.05, 4.69) is 53.3 Å². The lowest BCUT2D eigenvalue weighted by atomic mass is 9.98. The average molecular weight is 340 g/mol. The summed E-state index contributed by atoms with van der Waals surface area (Å²) in [6, 6.07) is 6.77. The van der Waals surface area contributed by atoms with E-state index in [9.17, 15) is 0 Å². The van der Waals surface area contributed by atoms with E-state index in [0.717, 1.165) is 23.2 Å². The van der Waals surface area contributed by atoms with Crippen LogP contribution in [0.5, 0.6) is 5.75 Å². The second kappa shape index (κ2) is 8.04. The Morgan fingerprint density at radius 2 is 2.05 bits per heavy atom. The number of nitrogens with one attached hydrogen (secondary N) is 1. The molecular weight excluding hydrogens is 314 g/mol. The number of halogens is 1. The first kappa shape index (κ1) is 15.8. The van der Waals surface area contributed by atoms with Gasteiger partial charge >= 0.3 is 0 Å². The molecule has 1 atom stereocenters. The van der Waals surface area contributed by atoms with Gasteiger partial charge in [0.05, 0.1) is 6.10 Å². The van der Waals surface area contributed by atoms with Crippen LogP contribution in [0.2, 0.25) is 0 Å². The van der Waals surface area contributed by atoms with Crippen molar-refractivity contribution < 1.29 is 4.74 Å². The van der Waals surface area contributed by atoms with Crippen LogP contribution in [0.3, 0.4) is 0 Å². The van der Waals surface area contributed by atoms with E-state index < -0.39 is 0 Å². The summed E-state index contributed by atoms with van der Waals surface area (Å²) in [4.78, 5) is 0. The number of ether oxygens (including phenoxy) is 1. The maximum absolute atomic E-state index is 6.10. The van der Waals surface area contributed by atoms with Gasteiger partial charge < -0.3 is 10.1 Å². The summed E-state index contributed by atoms with van der Waals surface area (Å²) < 4.78 is 7.24. The first-order chi connectivity index (χ1) is 9.70. The molecule has 1 fully saturated rings. The molecule has 20 heavy (non-hydrogen) atoms. The second-order valence-electron chi connectivity index (χ2n) is 5.74. The summed E-state index contributed by atoms with van der Waals surface area (Å²) in [6.07, 6.45) is 7.96. The molecule has 1 aromatic carbocycles. The maximum Gasteiger partial charge on any atom is 0.120 e. The summed E-state index contributed by atoms with van der Waals surface area (Å²) in [7, 11) is 0. The number of benzene rings is 1. The van der Waals surface area contributed by atoms with Gasteiger partial charge in [0.25, 0.3) is 0 Å². The van der Waals surface area contributed by atoms with Gasteiger partial charge in [-0.05, 0) is 63.3 Å². The quantitative estimate of drug-likeness (QED) is 0.766. The van der Waals surface area contributed by atoms with Crippen molar-refractivity contribution in [3.63, 3.8) is 0 Å². The molecule has 0 aliphatic heterocycles. The van der Waals surface area contributed by atoms with Crippen molar-refractivity contribution in [3.05, 3.63) is 28.2 Å². The minimum Gasteiger partial charge on any atom is -0.490 e. The van der Waals surface area contributed by atoms with Gasteiger partial charge in [0.1, 0.15) is 5.75 Å². The van der Waals surface area contributed by atoms with Gasteiger partial charge in [-0.2, -0.15) is 0 Å². The Labute approximate surface area is 131 Å². The van der Waals surface area contributed by atoms with E-state index in [4.69, 9.17) is 4.74 Å². The van der Waals surface area contributed by atoms with E-state index in [1.165, 1.54) is 37.7 Å². The third kappa shape index (κ3) is 4.49. The molecule has 2 rings (SSSR count). The molecule has 1 aliphatic carbocycles. The molecule has 1 saturated carbocycles. The smallest absolute Gasteiger partial charge is 0.120 e. The fraction of sp³-hybridized carbons (Fsp3) is 0.647. The molecule has 0 bridgehead atoms. The Morgan fingerprint density at radius 3 is 2.70 bits per heavy atom. The molecule has 1 N–H and O–H groups in total. The predicted octanol–water partition coefficient (Wildman–Crippen LogP) is 5.22. The highest BCUT2D eigenvalue weighted by atomic mass is 79.9. The van der Waals surface area contributed by atoms with Gasteiger partial charge in [0.2, 0.25) is 0 Å². The third-order valence-electron chi connectivity index (χ3n) is 3.99. The maximum atomic E-state index is 6.10. The number of hydrogen-bond donors (Lipinski definition) is 1. The molecule has 2 nitrogen and oxygen atoms in total. The number of rotatable bonds is 6. The summed E-state index contributed by atoms with van der Waals surface area (Å²) in [5, 5.41) is 3.52. The normalized spacial score (nSPS) is 17.9. The van der Waals surface area contributed by atoms with Crippen LogP contribution in [0.1, 0.15) is 64.0 Å². The van der Waals surface area contributed by atoms with Gasteiger partial charge in [-0.3, -0.25) is 0 Å². The zero-order valence-corrected chi connectivity index (χ0v) is 14.2. The molecule has 112 valence electrons. The molecule has 1 unspecified atom stereocenters. The van der Waals surface area contributed by atoms with Crippen LogP contribution >= 0.6 is 15.9 Å². The monoisotopic (exact) mass is 339 g/mol. The molecule has 1 aliphatic rings. The highest BCUT2D eigenvalue weighted by Gasteiger charge is 2.16. The van der Waals surface area contributed by atoms with Crippen LogP contribution in [-0.2, 0) is 0 Å². The highest BCUT2D eigenvalue weighted by Crippen LogP contribution is 2.30. The van der Waals surface area contributed by atoms with E-state index >= 15 is 0 Å². The fourth-order valence-corrected chi connectivity index (χ4v) is 3.48. The zero-order chi connectivity index (χ0) is 14.4. The van der Waals surface area contributed by atoms with Crippen LogP contribution in [0.15, 0.2) is 22.7 Å². The fourth-order valence-electron chi connectivity index (χ4n) is 2.78. The van der Waals surface area contributed by atoms with Crippen molar-refractivity contribution in [3.8, 4) is 5.75 Å². The molecule has 0 spiro atoms. The van der Waals surface area contributed by atoms with Crippen molar-refractivity contribution in [1.29, 1.82) is 0 Å². The van der Waals surface area contributed by atoms with E-state index in [0.29, 0.717) is 12.1 Å². The van der Waals surface area contributed by atoms with E-state index in [-0.39, 0.29) is 0 Å². The van der Waals surface area contributed by atoms with Gasteiger partial charge in [-0.25, -0.2) is 0 Å². The van der Waals surface area contributed by atoms with Crippen LogP contribution < -0.4 is 10.1 Å². The Kier molecular flexibility index (Phi) is 6.37. The Morgan fingerprint density at radius 1 is 1.30 bits per heavy atom. The van der Waals surface area contributed by atoms with Crippen molar-refractivity contribution >= 4 is 15.9 Å². The zero-order valence-electron chi connectivity index (χ0n) is 12.6. The summed E-state index contributed by atoms with van der Waals surface area (Å²) in [6.45, 7) is 5.45. The summed E-state index contributed by atoms with van der Waals surface area (Å²) in [5.74, 6) is 0.996. The molecule has 0 aromatic heterocycles. The second-order valence-corrected chi connectivity index (χ2v) is 6.59. The van der Waals surface area contributed by atoms with Gasteiger partial charge in [0.15, 0.2) is 0 Å². The Hall–Kier alpha value is -0.540. The van der Waals surface area contributed by atoms with Crippen LogP contribution in [0.25, 0.3) is 0 Å². The lowest BCUT2D eigenvalue weighted by molar-refractivity contribution is 0.155. The van der Waals surface area contributed by atoms with Crippen molar-refractivity contribution in [2.24, 2.45) is 0 Å². The highest BCUT2D eigenvalue weighted by molar-refractivity contribution is 9.10. The number of hydrogen-bond acceptors (Lipinski definition) is 2. The first-order valence-electron chi connectivity index (χ1n) is 7.90. The summed E-state index contributed by atoms with van der Waals surface area (Å²) >= 11 is 3.68.